The molecule has 0 spiro atoms. The summed E-state index contributed by atoms with van der Waals surface area (Å²) in [4.78, 5) is 13.1. The van der Waals surface area contributed by atoms with Crippen molar-refractivity contribution in [2.45, 2.75) is 77.8 Å². The zero-order valence-electron chi connectivity index (χ0n) is 18.0. The molecule has 2 heterocycles. The molecule has 0 bridgehead atoms. The van der Waals surface area contributed by atoms with Crippen molar-refractivity contribution in [2.75, 3.05) is 0 Å². The monoisotopic (exact) mass is 400 g/mol. The Bertz CT molecular complexity index is 862. The molecular formula is C24H32O5. The lowest BCUT2D eigenvalue weighted by molar-refractivity contribution is -0.305. The van der Waals surface area contributed by atoms with Crippen LogP contribution in [0.15, 0.2) is 47.5 Å². The Kier molecular flexibility index (Phi) is 4.45. The van der Waals surface area contributed by atoms with Gasteiger partial charge in [0.2, 0.25) is 5.78 Å². The van der Waals surface area contributed by atoms with Crippen LogP contribution in [0.2, 0.25) is 0 Å². The van der Waals surface area contributed by atoms with Crippen LogP contribution in [-0.4, -0.2) is 33.5 Å². The summed E-state index contributed by atoms with van der Waals surface area (Å²) < 4.78 is 12.6. The van der Waals surface area contributed by atoms with Crippen molar-refractivity contribution in [1.29, 1.82) is 0 Å². The number of hydrogen-bond acceptors (Lipinski definition) is 5. The van der Waals surface area contributed by atoms with Gasteiger partial charge in [-0.2, -0.15) is 0 Å². The van der Waals surface area contributed by atoms with Gasteiger partial charge in [-0.15, -0.1) is 0 Å². The minimum Gasteiger partial charge on any atom is -0.504 e. The van der Waals surface area contributed by atoms with E-state index in [0.29, 0.717) is 19.3 Å². The lowest BCUT2D eigenvalue weighted by Gasteiger charge is -2.54. The second kappa shape index (κ2) is 6.32. The number of aliphatic hydroxyl groups excluding tert-OH is 2. The first kappa shape index (κ1) is 20.4. The number of aliphatic hydroxyl groups is 2. The Balaban J connectivity index is 1.79. The summed E-state index contributed by atoms with van der Waals surface area (Å²) in [7, 11) is 0. The van der Waals surface area contributed by atoms with E-state index in [1.54, 1.807) is 6.26 Å². The lowest BCUT2D eigenvalue weighted by Crippen LogP contribution is -2.62. The predicted octanol–water partition coefficient (Wildman–Crippen LogP) is 4.50. The van der Waals surface area contributed by atoms with Gasteiger partial charge in [-0.05, 0) is 68.9 Å². The van der Waals surface area contributed by atoms with Gasteiger partial charge >= 0.3 is 0 Å². The molecule has 0 radical (unpaired) electrons. The zero-order valence-corrected chi connectivity index (χ0v) is 18.0. The Morgan fingerprint density at radius 3 is 2.62 bits per heavy atom. The molecule has 1 fully saturated rings. The average molecular weight is 401 g/mol. The van der Waals surface area contributed by atoms with E-state index < -0.39 is 22.9 Å². The normalized spacial score (nSPS) is 46.7. The van der Waals surface area contributed by atoms with Crippen LogP contribution < -0.4 is 0 Å². The van der Waals surface area contributed by atoms with Gasteiger partial charge in [0.25, 0.3) is 5.79 Å². The lowest BCUT2D eigenvalue weighted by atomic mass is 9.61. The van der Waals surface area contributed by atoms with Crippen LogP contribution >= 0.6 is 0 Å². The minimum absolute atomic E-state index is 0.0304. The molecule has 0 aromatic rings. The molecule has 158 valence electrons. The Morgan fingerprint density at radius 2 is 1.90 bits per heavy atom. The van der Waals surface area contributed by atoms with Crippen molar-refractivity contribution in [1.82, 2.24) is 0 Å². The molecule has 29 heavy (non-hydrogen) atoms. The second-order valence-electron chi connectivity index (χ2n) is 10.2. The standard InChI is InChI=1S/C24H32O5/c1-15-7-10-21(3,4)8-6-9-22(5)17(11-18(15)25)12-23-16(2)14-28-24(23,29-22)13-19(26)20(23)27/h6-8,13-14,17-18,25-26H,9-12H2,1-5H3/b8-6+,15-7+/t17-,18+,22+,23+,24+/m1/s1. The van der Waals surface area contributed by atoms with E-state index >= 15 is 0 Å². The summed E-state index contributed by atoms with van der Waals surface area (Å²) in [6, 6.07) is 0. The van der Waals surface area contributed by atoms with Gasteiger partial charge < -0.3 is 19.7 Å². The molecule has 0 aromatic carbocycles. The highest BCUT2D eigenvalue weighted by atomic mass is 16.7. The number of ether oxygens (including phenoxy) is 2. The van der Waals surface area contributed by atoms with E-state index in [1.165, 1.54) is 6.08 Å². The third kappa shape index (κ3) is 2.85. The third-order valence-electron chi connectivity index (χ3n) is 7.50. The molecule has 1 saturated heterocycles. The molecular weight excluding hydrogens is 368 g/mol. The first-order valence-corrected chi connectivity index (χ1v) is 10.5. The first-order chi connectivity index (χ1) is 13.4. The van der Waals surface area contributed by atoms with Crippen LogP contribution in [0.1, 0.15) is 60.3 Å². The third-order valence-corrected chi connectivity index (χ3v) is 7.50. The molecule has 2 N–H and O–H groups in total. The fourth-order valence-corrected chi connectivity index (χ4v) is 5.40. The molecule has 0 saturated carbocycles. The van der Waals surface area contributed by atoms with E-state index in [4.69, 9.17) is 9.47 Å². The van der Waals surface area contributed by atoms with Crippen molar-refractivity contribution in [3.05, 3.63) is 47.5 Å². The number of carbonyl (C=O) groups is 1. The number of rotatable bonds is 0. The molecule has 0 unspecified atom stereocenters. The maximum atomic E-state index is 13.1. The van der Waals surface area contributed by atoms with E-state index in [0.717, 1.165) is 17.6 Å². The second-order valence-corrected chi connectivity index (χ2v) is 10.2. The SMILES string of the molecule is CC1=CO[C@]23C=C(O)C(=O)[C@]12C[C@H]1C[C@H](O)/C(C)=C/CC(C)(C)/C=C/C[C@]1(C)O3. The summed E-state index contributed by atoms with van der Waals surface area (Å²) in [6.45, 7) is 10.2. The first-order valence-electron chi connectivity index (χ1n) is 10.5. The van der Waals surface area contributed by atoms with Crippen LogP contribution in [-0.2, 0) is 14.3 Å². The molecule has 4 aliphatic rings. The maximum absolute atomic E-state index is 13.1. The molecule has 2 aliphatic heterocycles. The van der Waals surface area contributed by atoms with Crippen LogP contribution in [0.5, 0.6) is 0 Å². The number of carbonyl (C=O) groups excluding carboxylic acids is 1. The van der Waals surface area contributed by atoms with Crippen molar-refractivity contribution in [2.24, 2.45) is 16.7 Å². The fraction of sp³-hybridized carbons (Fsp3) is 0.625. The van der Waals surface area contributed by atoms with Crippen LogP contribution in [0, 0.1) is 16.7 Å². The van der Waals surface area contributed by atoms with Gasteiger partial charge in [0, 0.05) is 6.08 Å². The van der Waals surface area contributed by atoms with Crippen molar-refractivity contribution in [3.8, 4) is 0 Å². The minimum atomic E-state index is -1.30. The zero-order chi connectivity index (χ0) is 21.2. The predicted molar refractivity (Wildman–Crippen MR) is 110 cm³/mol. The molecule has 0 amide bonds. The van der Waals surface area contributed by atoms with Gasteiger partial charge in [-0.25, -0.2) is 0 Å². The summed E-state index contributed by atoms with van der Waals surface area (Å²) in [5.41, 5.74) is -0.0305. The number of ketones is 1. The largest absolute Gasteiger partial charge is 0.504 e. The van der Waals surface area contributed by atoms with Crippen molar-refractivity contribution in [3.63, 3.8) is 0 Å². The van der Waals surface area contributed by atoms with Gasteiger partial charge in [-0.1, -0.05) is 32.1 Å². The van der Waals surface area contributed by atoms with Crippen molar-refractivity contribution >= 4 is 5.78 Å². The van der Waals surface area contributed by atoms with Gasteiger partial charge in [-0.3, -0.25) is 4.79 Å². The van der Waals surface area contributed by atoms with Crippen molar-refractivity contribution < 1.29 is 24.5 Å². The summed E-state index contributed by atoms with van der Waals surface area (Å²) in [6.07, 6.45) is 11.3. The van der Waals surface area contributed by atoms with Crippen LogP contribution in [0.4, 0.5) is 0 Å². The quantitative estimate of drug-likeness (QED) is 0.586. The highest BCUT2D eigenvalue weighted by Crippen LogP contribution is 2.64. The van der Waals surface area contributed by atoms with E-state index in [-0.39, 0.29) is 22.9 Å². The summed E-state index contributed by atoms with van der Waals surface area (Å²) in [5.74, 6) is -2.04. The average Bonchev–Trinajstić information content (AvgIpc) is 3.01. The molecule has 0 aromatic heterocycles. The Morgan fingerprint density at radius 1 is 1.17 bits per heavy atom. The van der Waals surface area contributed by atoms with Gasteiger partial charge in [0.15, 0.2) is 5.76 Å². The summed E-state index contributed by atoms with van der Waals surface area (Å²) >= 11 is 0. The highest BCUT2D eigenvalue weighted by molar-refractivity contribution is 6.04. The van der Waals surface area contributed by atoms with Crippen LogP contribution in [0.3, 0.4) is 0 Å². The van der Waals surface area contributed by atoms with Gasteiger partial charge in [0.05, 0.1) is 18.0 Å². The fourth-order valence-electron chi connectivity index (χ4n) is 5.40. The maximum Gasteiger partial charge on any atom is 0.251 e. The Hall–Kier alpha value is -1.85. The molecule has 5 nitrogen and oxygen atoms in total. The summed E-state index contributed by atoms with van der Waals surface area (Å²) in [5, 5.41) is 21.3. The Labute approximate surface area is 172 Å². The number of fused-ring (bicyclic) bond motifs is 1. The number of Topliss-reactive ketones (excluding diaryl/α,β-unsaturated/α-hetero) is 1. The van der Waals surface area contributed by atoms with E-state index in [2.05, 4.69) is 32.1 Å². The molecule has 5 heteroatoms. The smallest absolute Gasteiger partial charge is 0.251 e. The van der Waals surface area contributed by atoms with E-state index in [1.807, 2.05) is 20.8 Å². The molecule has 2 aliphatic carbocycles. The highest BCUT2D eigenvalue weighted by Gasteiger charge is 2.73. The number of hydrogen-bond donors (Lipinski definition) is 2. The van der Waals surface area contributed by atoms with E-state index in [9.17, 15) is 15.0 Å². The number of allylic oxidation sites excluding steroid dienone is 3. The molecule has 5 atom stereocenters. The molecule has 4 rings (SSSR count). The topological polar surface area (TPSA) is 76.0 Å². The van der Waals surface area contributed by atoms with Gasteiger partial charge in [0.1, 0.15) is 5.41 Å². The van der Waals surface area contributed by atoms with Crippen LogP contribution in [0.25, 0.3) is 0 Å².